The minimum Gasteiger partial charge on any atom is -0.497 e. The second-order valence-electron chi connectivity index (χ2n) is 5.17. The first-order valence-electron chi connectivity index (χ1n) is 7.87. The van der Waals surface area contributed by atoms with Crippen molar-refractivity contribution in [3.05, 3.63) is 29.8 Å². The second-order valence-corrected chi connectivity index (χ2v) is 5.17. The number of nitrogens with one attached hydrogen (secondary N) is 2. The van der Waals surface area contributed by atoms with Crippen LogP contribution in [0.2, 0.25) is 0 Å². The molecule has 0 aliphatic carbocycles. The summed E-state index contributed by atoms with van der Waals surface area (Å²) in [6.07, 6.45) is 3.14. The molecule has 0 radical (unpaired) electrons. The van der Waals surface area contributed by atoms with E-state index in [1.54, 1.807) is 7.11 Å². The zero-order chi connectivity index (χ0) is 15.5. The van der Waals surface area contributed by atoms with E-state index in [4.69, 9.17) is 4.74 Å². The molecule has 0 aliphatic heterocycles. The monoisotopic (exact) mass is 419 g/mol. The first-order chi connectivity index (χ1) is 10.2. The van der Waals surface area contributed by atoms with Gasteiger partial charge in [-0.05, 0) is 50.8 Å². The van der Waals surface area contributed by atoms with Gasteiger partial charge in [-0.25, -0.2) is 0 Å². The summed E-state index contributed by atoms with van der Waals surface area (Å²) in [6, 6.07) is 8.68. The molecule has 5 heteroatoms. The van der Waals surface area contributed by atoms with Gasteiger partial charge in [0, 0.05) is 19.1 Å². The first-order valence-corrected chi connectivity index (χ1v) is 7.87. The zero-order valence-corrected chi connectivity index (χ0v) is 16.5. The van der Waals surface area contributed by atoms with Gasteiger partial charge in [-0.3, -0.25) is 4.99 Å². The average Bonchev–Trinajstić information content (AvgIpc) is 2.51. The Labute approximate surface area is 152 Å². The Balaban J connectivity index is 0.00000441. The van der Waals surface area contributed by atoms with Crippen molar-refractivity contribution in [3.63, 3.8) is 0 Å². The van der Waals surface area contributed by atoms with Gasteiger partial charge < -0.3 is 15.4 Å². The number of guanidine groups is 1. The van der Waals surface area contributed by atoms with Crippen LogP contribution in [0.5, 0.6) is 5.75 Å². The standard InChI is InChI=1S/C17H29N3O.HI/c1-5-14(3)20-17(18-6-2)19-12-8-10-15-9-7-11-16(13-15)21-4;/h7,9,11,13-14H,5-6,8,10,12H2,1-4H3,(H2,18,19,20);1H. The molecule has 1 rings (SSSR count). The lowest BCUT2D eigenvalue weighted by molar-refractivity contribution is 0.414. The molecule has 0 saturated heterocycles. The highest BCUT2D eigenvalue weighted by Crippen LogP contribution is 2.13. The number of nitrogens with zero attached hydrogens (tertiary/aromatic N) is 1. The minimum atomic E-state index is 0. The molecular formula is C17H30IN3O. The number of methoxy groups -OCH3 is 1. The van der Waals surface area contributed by atoms with Crippen molar-refractivity contribution >= 4 is 29.9 Å². The molecule has 0 spiro atoms. The maximum Gasteiger partial charge on any atom is 0.191 e. The molecule has 1 aromatic carbocycles. The number of hydrogen-bond donors (Lipinski definition) is 2. The molecule has 22 heavy (non-hydrogen) atoms. The van der Waals surface area contributed by atoms with Crippen molar-refractivity contribution in [2.75, 3.05) is 20.2 Å². The quantitative estimate of drug-likeness (QED) is 0.293. The lowest BCUT2D eigenvalue weighted by atomic mass is 10.1. The summed E-state index contributed by atoms with van der Waals surface area (Å²) in [4.78, 5) is 4.62. The fraction of sp³-hybridized carbons (Fsp3) is 0.588. The lowest BCUT2D eigenvalue weighted by Crippen LogP contribution is -2.42. The van der Waals surface area contributed by atoms with Crippen molar-refractivity contribution in [3.8, 4) is 5.75 Å². The highest BCUT2D eigenvalue weighted by atomic mass is 127. The average molecular weight is 419 g/mol. The van der Waals surface area contributed by atoms with Gasteiger partial charge in [-0.15, -0.1) is 24.0 Å². The number of benzene rings is 1. The first kappa shape index (κ1) is 21.0. The predicted molar refractivity (Wildman–Crippen MR) is 106 cm³/mol. The SMILES string of the molecule is CCNC(=NCCCc1cccc(OC)c1)NC(C)CC.I. The molecule has 0 aliphatic rings. The van der Waals surface area contributed by atoms with Crippen LogP contribution in [0.25, 0.3) is 0 Å². The van der Waals surface area contributed by atoms with Crippen molar-refractivity contribution < 1.29 is 4.74 Å². The van der Waals surface area contributed by atoms with E-state index in [0.717, 1.165) is 44.1 Å². The minimum absolute atomic E-state index is 0. The highest BCUT2D eigenvalue weighted by Gasteiger charge is 2.02. The maximum absolute atomic E-state index is 5.24. The number of aliphatic imine (C=N–C) groups is 1. The van der Waals surface area contributed by atoms with E-state index in [2.05, 4.69) is 48.5 Å². The Hall–Kier alpha value is -0.980. The van der Waals surface area contributed by atoms with Crippen LogP contribution in [0.3, 0.4) is 0 Å². The molecule has 2 N–H and O–H groups in total. The van der Waals surface area contributed by atoms with E-state index < -0.39 is 0 Å². The Morgan fingerprint density at radius 2 is 2.09 bits per heavy atom. The number of rotatable bonds is 8. The molecule has 126 valence electrons. The molecule has 1 aromatic rings. The molecule has 0 heterocycles. The van der Waals surface area contributed by atoms with E-state index >= 15 is 0 Å². The Bertz CT molecular complexity index is 438. The van der Waals surface area contributed by atoms with Crippen LogP contribution in [0.4, 0.5) is 0 Å². The zero-order valence-electron chi connectivity index (χ0n) is 14.2. The molecule has 0 fully saturated rings. The Morgan fingerprint density at radius 3 is 2.73 bits per heavy atom. The van der Waals surface area contributed by atoms with Crippen LogP contribution in [-0.4, -0.2) is 32.2 Å². The number of halogens is 1. The Kier molecular flexibility index (Phi) is 12.0. The van der Waals surface area contributed by atoms with Crippen molar-refractivity contribution in [2.24, 2.45) is 4.99 Å². The van der Waals surface area contributed by atoms with E-state index in [1.807, 2.05) is 12.1 Å². The molecule has 4 nitrogen and oxygen atoms in total. The number of ether oxygens (including phenoxy) is 1. The molecule has 1 atom stereocenters. The van der Waals surface area contributed by atoms with Gasteiger partial charge in [0.05, 0.1) is 7.11 Å². The van der Waals surface area contributed by atoms with Crippen LogP contribution < -0.4 is 15.4 Å². The van der Waals surface area contributed by atoms with Crippen LogP contribution >= 0.6 is 24.0 Å². The maximum atomic E-state index is 5.24. The second kappa shape index (κ2) is 12.6. The van der Waals surface area contributed by atoms with Gasteiger partial charge in [-0.2, -0.15) is 0 Å². The van der Waals surface area contributed by atoms with Gasteiger partial charge in [0.2, 0.25) is 0 Å². The normalized spacial score (nSPS) is 12.3. The van der Waals surface area contributed by atoms with E-state index in [1.165, 1.54) is 5.56 Å². The summed E-state index contributed by atoms with van der Waals surface area (Å²) in [5.41, 5.74) is 1.30. The number of aryl methyl sites for hydroxylation is 1. The van der Waals surface area contributed by atoms with Crippen LogP contribution in [0.15, 0.2) is 29.3 Å². The fourth-order valence-corrected chi connectivity index (χ4v) is 1.96. The summed E-state index contributed by atoms with van der Waals surface area (Å²) in [7, 11) is 1.70. The summed E-state index contributed by atoms with van der Waals surface area (Å²) >= 11 is 0. The van der Waals surface area contributed by atoms with E-state index in [9.17, 15) is 0 Å². The summed E-state index contributed by atoms with van der Waals surface area (Å²) in [5.74, 6) is 1.83. The third kappa shape index (κ3) is 8.46. The van der Waals surface area contributed by atoms with Crippen molar-refractivity contribution in [1.29, 1.82) is 0 Å². The largest absolute Gasteiger partial charge is 0.497 e. The molecule has 0 amide bonds. The van der Waals surface area contributed by atoms with Crippen molar-refractivity contribution in [2.45, 2.75) is 46.1 Å². The third-order valence-electron chi connectivity index (χ3n) is 3.37. The third-order valence-corrected chi connectivity index (χ3v) is 3.37. The van der Waals surface area contributed by atoms with Gasteiger partial charge in [0.1, 0.15) is 5.75 Å². The van der Waals surface area contributed by atoms with Gasteiger partial charge >= 0.3 is 0 Å². The molecule has 0 aromatic heterocycles. The fourth-order valence-electron chi connectivity index (χ4n) is 1.96. The number of hydrogen-bond acceptors (Lipinski definition) is 2. The topological polar surface area (TPSA) is 45.7 Å². The summed E-state index contributed by atoms with van der Waals surface area (Å²) in [6.45, 7) is 8.14. The Morgan fingerprint density at radius 1 is 1.32 bits per heavy atom. The molecule has 0 bridgehead atoms. The van der Waals surface area contributed by atoms with Gasteiger partial charge in [0.15, 0.2) is 5.96 Å². The molecule has 1 unspecified atom stereocenters. The molecule has 0 saturated carbocycles. The van der Waals surface area contributed by atoms with Crippen LogP contribution in [-0.2, 0) is 6.42 Å². The van der Waals surface area contributed by atoms with Crippen LogP contribution in [0.1, 0.15) is 39.2 Å². The van der Waals surface area contributed by atoms with Crippen LogP contribution in [0, 0.1) is 0 Å². The van der Waals surface area contributed by atoms with Gasteiger partial charge in [0.25, 0.3) is 0 Å². The highest BCUT2D eigenvalue weighted by molar-refractivity contribution is 14.0. The lowest BCUT2D eigenvalue weighted by Gasteiger charge is -2.16. The summed E-state index contributed by atoms with van der Waals surface area (Å²) in [5, 5.41) is 6.69. The predicted octanol–water partition coefficient (Wildman–Crippen LogP) is 3.60. The van der Waals surface area contributed by atoms with Gasteiger partial charge in [-0.1, -0.05) is 19.1 Å². The van der Waals surface area contributed by atoms with E-state index in [-0.39, 0.29) is 24.0 Å². The van der Waals surface area contributed by atoms with E-state index in [0.29, 0.717) is 6.04 Å². The molecular weight excluding hydrogens is 389 g/mol. The van der Waals surface area contributed by atoms with Crippen molar-refractivity contribution in [1.82, 2.24) is 10.6 Å². The smallest absolute Gasteiger partial charge is 0.191 e. The summed E-state index contributed by atoms with van der Waals surface area (Å²) < 4.78 is 5.24.